The molecular weight excluding hydrogens is 374 g/mol. The molecule has 2 aromatic rings. The Bertz CT molecular complexity index is 946. The van der Waals surface area contributed by atoms with Crippen molar-refractivity contribution in [3.63, 3.8) is 0 Å². The van der Waals surface area contributed by atoms with Crippen LogP contribution in [0, 0.1) is 11.6 Å². The zero-order valence-corrected chi connectivity index (χ0v) is 14.3. The Kier molecular flexibility index (Phi) is 4.77. The summed E-state index contributed by atoms with van der Waals surface area (Å²) in [5.74, 6) is -2.49. The van der Waals surface area contributed by atoms with E-state index >= 15 is 0 Å². The van der Waals surface area contributed by atoms with Gasteiger partial charge in [-0.15, -0.1) is 0 Å². The molecule has 1 aliphatic carbocycles. The third-order valence-corrected chi connectivity index (χ3v) is 5.33. The van der Waals surface area contributed by atoms with Crippen LogP contribution in [0.4, 0.5) is 14.5 Å². The largest absolute Gasteiger partial charge is 0.319 e. The standard InChI is InChI=1S/C16H13ClF2N2O3S/c17-10-2-6-14(13(19)8-10)20-16(22)9-1-5-12(18)15(7-9)25(23,24)21-11-3-4-11/h1-2,5-8,11,21H,3-4H2,(H,20,22). The fourth-order valence-corrected chi connectivity index (χ4v) is 3.69. The first-order valence-electron chi connectivity index (χ1n) is 7.34. The molecule has 0 bridgehead atoms. The van der Waals surface area contributed by atoms with Crippen molar-refractivity contribution in [3.05, 3.63) is 58.6 Å². The topological polar surface area (TPSA) is 75.3 Å². The van der Waals surface area contributed by atoms with Gasteiger partial charge in [0.25, 0.3) is 5.91 Å². The second-order valence-corrected chi connectivity index (χ2v) is 7.74. The number of sulfonamides is 1. The van der Waals surface area contributed by atoms with E-state index in [2.05, 4.69) is 10.0 Å². The minimum absolute atomic E-state index is 0.119. The lowest BCUT2D eigenvalue weighted by Gasteiger charge is -2.10. The van der Waals surface area contributed by atoms with Crippen LogP contribution < -0.4 is 10.0 Å². The van der Waals surface area contributed by atoms with Crippen LogP contribution in [0.15, 0.2) is 41.3 Å². The maximum absolute atomic E-state index is 13.9. The van der Waals surface area contributed by atoms with E-state index in [0.717, 1.165) is 24.3 Å². The van der Waals surface area contributed by atoms with Crippen LogP contribution in [0.3, 0.4) is 0 Å². The Labute approximate surface area is 148 Å². The highest BCUT2D eigenvalue weighted by Crippen LogP contribution is 2.25. The van der Waals surface area contributed by atoms with Crippen LogP contribution in [0.25, 0.3) is 0 Å². The number of hydrogen-bond donors (Lipinski definition) is 2. The van der Waals surface area contributed by atoms with E-state index in [9.17, 15) is 22.0 Å². The highest BCUT2D eigenvalue weighted by molar-refractivity contribution is 7.89. The molecule has 0 atom stereocenters. The molecular formula is C16H13ClF2N2O3S. The van der Waals surface area contributed by atoms with Crippen molar-refractivity contribution in [2.45, 2.75) is 23.8 Å². The third kappa shape index (κ3) is 4.15. The van der Waals surface area contributed by atoms with Gasteiger partial charge in [0, 0.05) is 16.6 Å². The number of halogens is 3. The maximum atomic E-state index is 13.9. The Morgan fingerprint density at radius 2 is 1.80 bits per heavy atom. The van der Waals surface area contributed by atoms with Gasteiger partial charge in [-0.1, -0.05) is 11.6 Å². The molecule has 0 heterocycles. The molecule has 132 valence electrons. The first-order chi connectivity index (χ1) is 11.8. The van der Waals surface area contributed by atoms with Crippen molar-refractivity contribution in [1.29, 1.82) is 0 Å². The normalized spacial score (nSPS) is 14.4. The number of hydrogen-bond acceptors (Lipinski definition) is 3. The molecule has 0 saturated heterocycles. The Morgan fingerprint density at radius 1 is 1.08 bits per heavy atom. The lowest BCUT2D eigenvalue weighted by atomic mass is 10.2. The molecule has 5 nitrogen and oxygen atoms in total. The van der Waals surface area contributed by atoms with Gasteiger partial charge in [0.1, 0.15) is 16.5 Å². The number of nitrogens with one attached hydrogen (secondary N) is 2. The fourth-order valence-electron chi connectivity index (χ4n) is 2.12. The maximum Gasteiger partial charge on any atom is 0.255 e. The average molecular weight is 387 g/mol. The second-order valence-electron chi connectivity index (χ2n) is 5.62. The minimum Gasteiger partial charge on any atom is -0.319 e. The predicted octanol–water partition coefficient (Wildman–Crippen LogP) is 3.31. The highest BCUT2D eigenvalue weighted by Gasteiger charge is 2.30. The van der Waals surface area contributed by atoms with Crippen molar-refractivity contribution >= 4 is 33.2 Å². The first-order valence-corrected chi connectivity index (χ1v) is 9.21. The molecule has 25 heavy (non-hydrogen) atoms. The number of carbonyl (C=O) groups is 1. The molecule has 2 N–H and O–H groups in total. The summed E-state index contributed by atoms with van der Waals surface area (Å²) < 4.78 is 54.3. The molecule has 0 aromatic heterocycles. The van der Waals surface area contributed by atoms with Crippen LogP contribution in [-0.2, 0) is 10.0 Å². The molecule has 1 amide bonds. The molecule has 1 saturated carbocycles. The number of anilines is 1. The smallest absolute Gasteiger partial charge is 0.255 e. The summed E-state index contributed by atoms with van der Waals surface area (Å²) in [4.78, 5) is 11.6. The fraction of sp³-hybridized carbons (Fsp3) is 0.188. The van der Waals surface area contributed by atoms with Crippen molar-refractivity contribution in [2.24, 2.45) is 0 Å². The van der Waals surface area contributed by atoms with Crippen molar-refractivity contribution in [1.82, 2.24) is 4.72 Å². The number of carbonyl (C=O) groups excluding carboxylic acids is 1. The summed E-state index contributed by atoms with van der Waals surface area (Å²) in [6, 6.07) is 6.40. The van der Waals surface area contributed by atoms with E-state index in [0.29, 0.717) is 12.8 Å². The van der Waals surface area contributed by atoms with Crippen molar-refractivity contribution in [2.75, 3.05) is 5.32 Å². The number of benzene rings is 2. The van der Waals surface area contributed by atoms with E-state index in [1.165, 1.54) is 12.1 Å². The quantitative estimate of drug-likeness (QED) is 0.827. The Balaban J connectivity index is 1.87. The lowest BCUT2D eigenvalue weighted by molar-refractivity contribution is 0.102. The van der Waals surface area contributed by atoms with E-state index in [4.69, 9.17) is 11.6 Å². The highest BCUT2D eigenvalue weighted by atomic mass is 35.5. The van der Waals surface area contributed by atoms with Gasteiger partial charge >= 0.3 is 0 Å². The molecule has 0 unspecified atom stereocenters. The zero-order chi connectivity index (χ0) is 18.2. The Hall–Kier alpha value is -2.03. The number of rotatable bonds is 5. The summed E-state index contributed by atoms with van der Waals surface area (Å²) in [5.41, 5.74) is -0.244. The first kappa shape index (κ1) is 17.8. The summed E-state index contributed by atoms with van der Waals surface area (Å²) >= 11 is 5.64. The van der Waals surface area contributed by atoms with Gasteiger partial charge in [-0.3, -0.25) is 4.79 Å². The van der Waals surface area contributed by atoms with Crippen molar-refractivity contribution in [3.8, 4) is 0 Å². The number of amides is 1. The van der Waals surface area contributed by atoms with E-state index in [1.807, 2.05) is 0 Å². The molecule has 3 rings (SSSR count). The molecule has 0 aliphatic heterocycles. The molecule has 1 aliphatic rings. The summed E-state index contributed by atoms with van der Waals surface area (Å²) in [6.45, 7) is 0. The monoisotopic (exact) mass is 386 g/mol. The van der Waals surface area contributed by atoms with Gasteiger partial charge in [0.2, 0.25) is 10.0 Å². The summed E-state index contributed by atoms with van der Waals surface area (Å²) in [5, 5.41) is 2.46. The van der Waals surface area contributed by atoms with Gasteiger partial charge in [0.15, 0.2) is 0 Å². The van der Waals surface area contributed by atoms with E-state index in [1.54, 1.807) is 0 Å². The average Bonchev–Trinajstić information content (AvgIpc) is 3.33. The van der Waals surface area contributed by atoms with Crippen LogP contribution >= 0.6 is 11.6 Å². The summed E-state index contributed by atoms with van der Waals surface area (Å²) in [7, 11) is -4.07. The Morgan fingerprint density at radius 3 is 2.44 bits per heavy atom. The van der Waals surface area contributed by atoms with Crippen LogP contribution in [0.1, 0.15) is 23.2 Å². The van der Waals surface area contributed by atoms with Crippen LogP contribution in [0.2, 0.25) is 5.02 Å². The van der Waals surface area contributed by atoms with Gasteiger partial charge in [-0.05, 0) is 49.2 Å². The predicted molar refractivity (Wildman–Crippen MR) is 89.1 cm³/mol. The SMILES string of the molecule is O=C(Nc1ccc(Cl)cc1F)c1ccc(F)c(S(=O)(=O)NC2CC2)c1. The van der Waals surface area contributed by atoms with E-state index in [-0.39, 0.29) is 22.3 Å². The lowest BCUT2D eigenvalue weighted by Crippen LogP contribution is -2.27. The van der Waals surface area contributed by atoms with Gasteiger partial charge < -0.3 is 5.32 Å². The third-order valence-electron chi connectivity index (χ3n) is 3.56. The minimum atomic E-state index is -4.07. The van der Waals surface area contributed by atoms with Crippen LogP contribution in [-0.4, -0.2) is 20.4 Å². The molecule has 0 radical (unpaired) electrons. The van der Waals surface area contributed by atoms with Gasteiger partial charge in [-0.25, -0.2) is 21.9 Å². The molecule has 0 spiro atoms. The van der Waals surface area contributed by atoms with Gasteiger partial charge in [-0.2, -0.15) is 0 Å². The van der Waals surface area contributed by atoms with E-state index < -0.39 is 32.5 Å². The molecule has 2 aromatic carbocycles. The summed E-state index contributed by atoms with van der Waals surface area (Å²) in [6.07, 6.45) is 1.38. The molecule has 1 fully saturated rings. The second kappa shape index (κ2) is 6.70. The van der Waals surface area contributed by atoms with Crippen molar-refractivity contribution < 1.29 is 22.0 Å². The zero-order valence-electron chi connectivity index (χ0n) is 12.7. The van der Waals surface area contributed by atoms with Crippen LogP contribution in [0.5, 0.6) is 0 Å². The van der Waals surface area contributed by atoms with Gasteiger partial charge in [0.05, 0.1) is 5.69 Å². The molecule has 9 heteroatoms.